The molecule has 7 nitrogen and oxygen atoms in total. The van der Waals surface area contributed by atoms with Crippen LogP contribution in [0.3, 0.4) is 0 Å². The number of carbonyl (C=O) groups excluding carboxylic acids is 2. The number of nitrogens with one attached hydrogen (secondary N) is 2. The van der Waals surface area contributed by atoms with Gasteiger partial charge in [-0.1, -0.05) is 43.6 Å². The summed E-state index contributed by atoms with van der Waals surface area (Å²) in [6, 6.07) is 13.0. The quantitative estimate of drug-likeness (QED) is 0.572. The lowest BCUT2D eigenvalue weighted by atomic mass is 10.0. The van der Waals surface area contributed by atoms with Gasteiger partial charge in [-0.05, 0) is 54.2 Å². The number of nitrogens with zero attached hydrogens (tertiary/aromatic N) is 2. The number of methoxy groups -OCH3 is 1. The van der Waals surface area contributed by atoms with E-state index < -0.39 is 12.1 Å². The molecule has 32 heavy (non-hydrogen) atoms. The standard InChI is InChI=1S/C24H27ClN4O3/c1-14(2)21(28-24(31)32-3)23(30)29-12-4-5-20(29)22-26-18-11-8-16(13-19(18)27-22)15-6-9-17(25)10-7-15/h6-11,13-14,20-21H,4-5,12H2,1-3H3,(H,26,27)(H,28,31). The first-order chi connectivity index (χ1) is 15.4. The van der Waals surface area contributed by atoms with Gasteiger partial charge in [0.25, 0.3) is 0 Å². The molecule has 0 radical (unpaired) electrons. The Balaban J connectivity index is 1.60. The van der Waals surface area contributed by atoms with E-state index in [4.69, 9.17) is 21.3 Å². The topological polar surface area (TPSA) is 87.3 Å². The van der Waals surface area contributed by atoms with Crippen LogP contribution in [0, 0.1) is 5.92 Å². The monoisotopic (exact) mass is 454 g/mol. The minimum absolute atomic E-state index is 0.0690. The molecule has 3 aromatic rings. The number of aromatic nitrogens is 2. The third-order valence-corrected chi connectivity index (χ3v) is 6.17. The van der Waals surface area contributed by atoms with Crippen LogP contribution in [0.4, 0.5) is 4.79 Å². The van der Waals surface area contributed by atoms with E-state index in [9.17, 15) is 9.59 Å². The highest BCUT2D eigenvalue weighted by Gasteiger charge is 2.37. The molecule has 2 amide bonds. The Bertz CT molecular complexity index is 1130. The summed E-state index contributed by atoms with van der Waals surface area (Å²) in [4.78, 5) is 35.1. The maximum Gasteiger partial charge on any atom is 0.407 e. The maximum atomic E-state index is 13.3. The first kappa shape index (κ1) is 22.1. The van der Waals surface area contributed by atoms with Gasteiger partial charge >= 0.3 is 6.09 Å². The smallest absolute Gasteiger partial charge is 0.407 e. The first-order valence-corrected chi connectivity index (χ1v) is 11.2. The van der Waals surface area contributed by atoms with Crippen LogP contribution in [-0.2, 0) is 9.53 Å². The normalized spacial score (nSPS) is 17.0. The number of hydrogen-bond donors (Lipinski definition) is 2. The number of likely N-dealkylation sites (tertiary alicyclic amines) is 1. The Kier molecular flexibility index (Phi) is 6.37. The molecule has 1 aliphatic heterocycles. The molecule has 2 heterocycles. The zero-order valence-corrected chi connectivity index (χ0v) is 19.1. The van der Waals surface area contributed by atoms with Gasteiger partial charge in [0, 0.05) is 11.6 Å². The second kappa shape index (κ2) is 9.20. The number of hydrogen-bond acceptors (Lipinski definition) is 4. The molecule has 0 aliphatic carbocycles. The average Bonchev–Trinajstić information content (AvgIpc) is 3.43. The number of imidazole rings is 1. The summed E-state index contributed by atoms with van der Waals surface area (Å²) in [6.45, 7) is 4.44. The first-order valence-electron chi connectivity index (χ1n) is 10.8. The average molecular weight is 455 g/mol. The van der Waals surface area contributed by atoms with Crippen LogP contribution in [0.2, 0.25) is 5.02 Å². The third kappa shape index (κ3) is 4.43. The lowest BCUT2D eigenvalue weighted by molar-refractivity contribution is -0.135. The molecule has 168 valence electrons. The minimum atomic E-state index is -0.649. The number of fused-ring (bicyclic) bond motifs is 1. The Morgan fingerprint density at radius 3 is 2.59 bits per heavy atom. The van der Waals surface area contributed by atoms with E-state index in [1.54, 1.807) is 0 Å². The Morgan fingerprint density at radius 2 is 1.91 bits per heavy atom. The fourth-order valence-corrected chi connectivity index (χ4v) is 4.33. The number of H-pyrrole nitrogens is 1. The van der Waals surface area contributed by atoms with Crippen LogP contribution in [-0.4, -0.2) is 46.6 Å². The van der Waals surface area contributed by atoms with Crippen LogP contribution in [0.15, 0.2) is 42.5 Å². The van der Waals surface area contributed by atoms with E-state index in [1.165, 1.54) is 7.11 Å². The Hall–Kier alpha value is -3.06. The number of amides is 2. The van der Waals surface area contributed by atoms with Gasteiger partial charge in [0.1, 0.15) is 11.9 Å². The molecule has 2 atom stereocenters. The van der Waals surface area contributed by atoms with Gasteiger partial charge in [0.05, 0.1) is 24.2 Å². The molecule has 0 spiro atoms. The van der Waals surface area contributed by atoms with Crippen molar-refractivity contribution in [1.29, 1.82) is 0 Å². The second-order valence-electron chi connectivity index (χ2n) is 8.41. The lowest BCUT2D eigenvalue weighted by Crippen LogP contribution is -2.51. The summed E-state index contributed by atoms with van der Waals surface area (Å²) in [5.41, 5.74) is 3.90. The van der Waals surface area contributed by atoms with Crippen LogP contribution in [0.1, 0.15) is 38.6 Å². The molecule has 2 aromatic carbocycles. The van der Waals surface area contributed by atoms with E-state index in [0.717, 1.165) is 40.8 Å². The van der Waals surface area contributed by atoms with Crippen molar-refractivity contribution in [2.75, 3.05) is 13.7 Å². The number of aromatic amines is 1. The molecule has 4 rings (SSSR count). The molecule has 2 N–H and O–H groups in total. The van der Waals surface area contributed by atoms with Crippen molar-refractivity contribution < 1.29 is 14.3 Å². The van der Waals surface area contributed by atoms with Gasteiger partial charge in [0.2, 0.25) is 5.91 Å². The molecular formula is C24H27ClN4O3. The summed E-state index contributed by atoms with van der Waals surface area (Å²) in [5, 5.41) is 3.38. The number of benzene rings is 2. The summed E-state index contributed by atoms with van der Waals surface area (Å²) < 4.78 is 4.70. The molecule has 0 saturated carbocycles. The van der Waals surface area contributed by atoms with E-state index in [1.807, 2.05) is 55.1 Å². The van der Waals surface area contributed by atoms with Crippen molar-refractivity contribution >= 4 is 34.6 Å². The highest BCUT2D eigenvalue weighted by atomic mass is 35.5. The molecular weight excluding hydrogens is 428 g/mol. The van der Waals surface area contributed by atoms with E-state index in [0.29, 0.717) is 11.6 Å². The maximum absolute atomic E-state index is 13.3. The predicted molar refractivity (Wildman–Crippen MR) is 124 cm³/mol. The summed E-state index contributed by atoms with van der Waals surface area (Å²) in [7, 11) is 1.29. The van der Waals surface area contributed by atoms with E-state index in [2.05, 4.69) is 16.4 Å². The number of ether oxygens (including phenoxy) is 1. The molecule has 1 aromatic heterocycles. The van der Waals surface area contributed by atoms with Crippen LogP contribution < -0.4 is 5.32 Å². The van der Waals surface area contributed by atoms with Crippen LogP contribution >= 0.6 is 11.6 Å². The van der Waals surface area contributed by atoms with Gasteiger partial charge in [-0.25, -0.2) is 9.78 Å². The fourth-order valence-electron chi connectivity index (χ4n) is 4.20. The summed E-state index contributed by atoms with van der Waals surface area (Å²) in [5.74, 6) is 0.579. The third-order valence-electron chi connectivity index (χ3n) is 5.92. The number of alkyl carbamates (subject to hydrolysis) is 1. The molecule has 2 unspecified atom stereocenters. The second-order valence-corrected chi connectivity index (χ2v) is 8.84. The largest absolute Gasteiger partial charge is 0.453 e. The van der Waals surface area contributed by atoms with Crippen molar-refractivity contribution in [1.82, 2.24) is 20.2 Å². The van der Waals surface area contributed by atoms with E-state index in [-0.39, 0.29) is 17.9 Å². The molecule has 1 saturated heterocycles. The van der Waals surface area contributed by atoms with Gasteiger partial charge in [0.15, 0.2) is 0 Å². The van der Waals surface area contributed by atoms with Gasteiger partial charge in [-0.3, -0.25) is 4.79 Å². The van der Waals surface area contributed by atoms with Crippen molar-refractivity contribution in [3.8, 4) is 11.1 Å². The van der Waals surface area contributed by atoms with Gasteiger partial charge < -0.3 is 19.9 Å². The Labute approximate surface area is 192 Å². The fraction of sp³-hybridized carbons (Fsp3) is 0.375. The lowest BCUT2D eigenvalue weighted by Gasteiger charge is -2.29. The SMILES string of the molecule is COC(=O)NC(C(=O)N1CCCC1c1nc2ccc(-c3ccc(Cl)cc3)cc2[nH]1)C(C)C. The number of halogens is 1. The van der Waals surface area contributed by atoms with Crippen molar-refractivity contribution in [3.05, 3.63) is 53.3 Å². The zero-order chi connectivity index (χ0) is 22.8. The van der Waals surface area contributed by atoms with Crippen molar-refractivity contribution in [3.63, 3.8) is 0 Å². The molecule has 8 heteroatoms. The Morgan fingerprint density at radius 1 is 1.19 bits per heavy atom. The highest BCUT2D eigenvalue weighted by Crippen LogP contribution is 2.33. The number of carbonyl (C=O) groups is 2. The summed E-state index contributed by atoms with van der Waals surface area (Å²) in [6.07, 6.45) is 1.09. The van der Waals surface area contributed by atoms with Gasteiger partial charge in [-0.2, -0.15) is 0 Å². The zero-order valence-electron chi connectivity index (χ0n) is 18.4. The summed E-state index contributed by atoms with van der Waals surface area (Å²) >= 11 is 6.01. The molecule has 1 fully saturated rings. The predicted octanol–water partition coefficient (Wildman–Crippen LogP) is 4.93. The molecule has 0 bridgehead atoms. The molecule has 1 aliphatic rings. The van der Waals surface area contributed by atoms with E-state index >= 15 is 0 Å². The van der Waals surface area contributed by atoms with Crippen molar-refractivity contribution in [2.24, 2.45) is 5.92 Å². The van der Waals surface area contributed by atoms with Crippen molar-refractivity contribution in [2.45, 2.75) is 38.8 Å². The van der Waals surface area contributed by atoms with Gasteiger partial charge in [-0.15, -0.1) is 0 Å². The van der Waals surface area contributed by atoms with Crippen LogP contribution in [0.25, 0.3) is 22.2 Å². The minimum Gasteiger partial charge on any atom is -0.453 e. The number of rotatable bonds is 5. The highest BCUT2D eigenvalue weighted by molar-refractivity contribution is 6.30. The van der Waals surface area contributed by atoms with Crippen LogP contribution in [0.5, 0.6) is 0 Å².